The Bertz CT molecular complexity index is 1150. The van der Waals surface area contributed by atoms with Crippen molar-refractivity contribution in [2.45, 2.75) is 31.6 Å². The van der Waals surface area contributed by atoms with Crippen LogP contribution < -0.4 is 14.8 Å². The number of hydrogen-bond acceptors (Lipinski definition) is 5. The third-order valence-corrected chi connectivity index (χ3v) is 8.33. The van der Waals surface area contributed by atoms with Gasteiger partial charge >= 0.3 is 0 Å². The number of primary amides is 1. The van der Waals surface area contributed by atoms with Crippen LogP contribution in [0.3, 0.4) is 0 Å². The van der Waals surface area contributed by atoms with Crippen molar-refractivity contribution in [1.29, 1.82) is 0 Å². The van der Waals surface area contributed by atoms with Crippen LogP contribution in [0.2, 0.25) is 0 Å². The molecule has 8 nitrogen and oxygen atoms in total. The zero-order valence-corrected chi connectivity index (χ0v) is 17.8. The predicted octanol–water partition coefficient (Wildman–Crippen LogP) is 2.13. The van der Waals surface area contributed by atoms with Crippen molar-refractivity contribution >= 4 is 37.3 Å². The number of nitrogens with one attached hydrogen (secondary N) is 1. The molecular weight excluding hydrogens is 414 g/mol. The van der Waals surface area contributed by atoms with E-state index < -0.39 is 26.0 Å². The average molecular weight is 438 g/mol. The zero-order valence-electron chi connectivity index (χ0n) is 16.2. The minimum absolute atomic E-state index is 0.0370. The van der Waals surface area contributed by atoms with Gasteiger partial charge in [-0.15, -0.1) is 0 Å². The molecule has 0 aliphatic carbocycles. The Labute approximate surface area is 170 Å². The highest BCUT2D eigenvalue weighted by atomic mass is 32.2. The standard InChI is InChI=1S/C19H23N3O5S2/c1-13-11-15(22-9-5-6-10-28(22,24)25)12-14(2)18(13)29(26,27)21-17-8-4-3-7-16(17)19(20)23/h3-4,7-8,11-12,21H,5-6,9-10H2,1-2H3,(H2,20,23). The summed E-state index contributed by atoms with van der Waals surface area (Å²) >= 11 is 0. The Morgan fingerprint density at radius 1 is 1.10 bits per heavy atom. The van der Waals surface area contributed by atoms with Crippen molar-refractivity contribution in [2.75, 3.05) is 21.3 Å². The van der Waals surface area contributed by atoms with Crippen LogP contribution in [0.5, 0.6) is 0 Å². The van der Waals surface area contributed by atoms with Gasteiger partial charge in [-0.05, 0) is 62.1 Å². The lowest BCUT2D eigenvalue weighted by Gasteiger charge is -2.29. The first-order valence-corrected chi connectivity index (χ1v) is 12.2. The number of para-hydroxylation sites is 1. The van der Waals surface area contributed by atoms with Gasteiger partial charge in [0.2, 0.25) is 10.0 Å². The van der Waals surface area contributed by atoms with Crippen LogP contribution in [-0.4, -0.2) is 35.0 Å². The maximum Gasteiger partial charge on any atom is 0.262 e. The zero-order chi connectivity index (χ0) is 21.4. The topological polar surface area (TPSA) is 127 Å². The van der Waals surface area contributed by atoms with E-state index in [1.165, 1.54) is 16.4 Å². The van der Waals surface area contributed by atoms with Crippen LogP contribution in [0.25, 0.3) is 0 Å². The third kappa shape index (κ3) is 4.23. The van der Waals surface area contributed by atoms with Crippen molar-refractivity contribution in [3.63, 3.8) is 0 Å². The maximum absolute atomic E-state index is 13.0. The van der Waals surface area contributed by atoms with Gasteiger partial charge in [0.15, 0.2) is 0 Å². The minimum atomic E-state index is -4.03. The van der Waals surface area contributed by atoms with Crippen LogP contribution in [0.4, 0.5) is 11.4 Å². The molecule has 10 heteroatoms. The quantitative estimate of drug-likeness (QED) is 0.741. The summed E-state index contributed by atoms with van der Waals surface area (Å²) in [6.07, 6.45) is 1.37. The van der Waals surface area contributed by atoms with Gasteiger partial charge in [-0.3, -0.25) is 13.8 Å². The lowest BCUT2D eigenvalue weighted by molar-refractivity contribution is 0.100. The van der Waals surface area contributed by atoms with E-state index in [1.54, 1.807) is 38.1 Å². The van der Waals surface area contributed by atoms with E-state index in [1.807, 2.05) is 0 Å². The molecule has 156 valence electrons. The SMILES string of the molecule is Cc1cc(N2CCCCS2(=O)=O)cc(C)c1S(=O)(=O)Nc1ccccc1C(N)=O. The van der Waals surface area contributed by atoms with Crippen molar-refractivity contribution in [1.82, 2.24) is 0 Å². The van der Waals surface area contributed by atoms with E-state index in [0.717, 1.165) is 6.42 Å². The molecule has 0 spiro atoms. The summed E-state index contributed by atoms with van der Waals surface area (Å²) in [4.78, 5) is 11.6. The summed E-state index contributed by atoms with van der Waals surface area (Å²) in [6, 6.07) is 9.19. The van der Waals surface area contributed by atoms with Crippen molar-refractivity contribution < 1.29 is 21.6 Å². The van der Waals surface area contributed by atoms with E-state index in [4.69, 9.17) is 5.73 Å². The molecule has 1 fully saturated rings. The fraction of sp³-hybridized carbons (Fsp3) is 0.316. The number of amides is 1. The highest BCUT2D eigenvalue weighted by molar-refractivity contribution is 7.93. The van der Waals surface area contributed by atoms with E-state index >= 15 is 0 Å². The highest BCUT2D eigenvalue weighted by Gasteiger charge is 2.28. The second-order valence-electron chi connectivity index (χ2n) is 7.02. The molecule has 3 rings (SSSR count). The van der Waals surface area contributed by atoms with E-state index in [-0.39, 0.29) is 21.9 Å². The lowest BCUT2D eigenvalue weighted by atomic mass is 10.1. The molecule has 2 aromatic carbocycles. The number of carbonyl (C=O) groups is 1. The minimum Gasteiger partial charge on any atom is -0.366 e. The number of rotatable bonds is 5. The van der Waals surface area contributed by atoms with E-state index in [9.17, 15) is 21.6 Å². The van der Waals surface area contributed by atoms with Gasteiger partial charge in [-0.2, -0.15) is 0 Å². The molecule has 0 bridgehead atoms. The van der Waals surface area contributed by atoms with Crippen molar-refractivity contribution in [3.05, 3.63) is 53.1 Å². The molecule has 0 radical (unpaired) electrons. The van der Waals surface area contributed by atoms with E-state index in [2.05, 4.69) is 4.72 Å². The Kier molecular flexibility index (Phi) is 5.59. The van der Waals surface area contributed by atoms with Crippen molar-refractivity contribution in [2.24, 2.45) is 5.73 Å². The summed E-state index contributed by atoms with van der Waals surface area (Å²) in [6.45, 7) is 3.60. The predicted molar refractivity (Wildman–Crippen MR) is 112 cm³/mol. The van der Waals surface area contributed by atoms with Gasteiger partial charge in [-0.25, -0.2) is 16.8 Å². The van der Waals surface area contributed by atoms with E-state index in [0.29, 0.717) is 29.8 Å². The fourth-order valence-corrected chi connectivity index (χ4v) is 6.72. The Balaban J connectivity index is 2.02. The maximum atomic E-state index is 13.0. The number of nitrogens with zero attached hydrogens (tertiary/aromatic N) is 1. The van der Waals surface area contributed by atoms with Gasteiger partial charge in [0.05, 0.1) is 27.6 Å². The summed E-state index contributed by atoms with van der Waals surface area (Å²) in [5, 5.41) is 0. The second-order valence-corrected chi connectivity index (χ2v) is 10.7. The molecule has 1 aliphatic rings. The number of sulfonamides is 2. The normalized spacial score (nSPS) is 16.4. The molecule has 0 aromatic heterocycles. The molecule has 2 aromatic rings. The molecule has 29 heavy (non-hydrogen) atoms. The number of hydrogen-bond donors (Lipinski definition) is 2. The fourth-order valence-electron chi connectivity index (χ4n) is 3.56. The summed E-state index contributed by atoms with van der Waals surface area (Å²) in [5.74, 6) is -0.668. The molecule has 3 N–H and O–H groups in total. The van der Waals surface area contributed by atoms with Crippen LogP contribution in [0.15, 0.2) is 41.3 Å². The Morgan fingerprint density at radius 2 is 1.72 bits per heavy atom. The molecule has 1 aliphatic heterocycles. The van der Waals surface area contributed by atoms with Gasteiger partial charge in [0.25, 0.3) is 15.9 Å². The highest BCUT2D eigenvalue weighted by Crippen LogP contribution is 2.31. The van der Waals surface area contributed by atoms with Gasteiger partial charge in [0.1, 0.15) is 0 Å². The third-order valence-electron chi connectivity index (χ3n) is 4.79. The number of carbonyl (C=O) groups excluding carboxylic acids is 1. The number of benzene rings is 2. The largest absolute Gasteiger partial charge is 0.366 e. The smallest absolute Gasteiger partial charge is 0.262 e. The molecule has 0 atom stereocenters. The number of nitrogens with two attached hydrogens (primary N) is 1. The van der Waals surface area contributed by atoms with Gasteiger partial charge < -0.3 is 5.73 Å². The first kappa shape index (κ1) is 21.1. The van der Waals surface area contributed by atoms with Crippen LogP contribution in [0, 0.1) is 13.8 Å². The first-order valence-electron chi connectivity index (χ1n) is 9.06. The van der Waals surface area contributed by atoms with Gasteiger partial charge in [0, 0.05) is 6.54 Å². The molecule has 0 saturated carbocycles. The van der Waals surface area contributed by atoms with Crippen LogP contribution >= 0.6 is 0 Å². The van der Waals surface area contributed by atoms with Crippen LogP contribution in [-0.2, 0) is 20.0 Å². The Hall–Kier alpha value is -2.59. The average Bonchev–Trinajstić information content (AvgIpc) is 2.60. The first-order chi connectivity index (χ1) is 13.5. The molecule has 1 saturated heterocycles. The summed E-state index contributed by atoms with van der Waals surface area (Å²) in [5.41, 5.74) is 6.74. The summed E-state index contributed by atoms with van der Waals surface area (Å²) in [7, 11) is -7.44. The number of anilines is 2. The molecular formula is C19H23N3O5S2. The molecule has 1 amide bonds. The lowest BCUT2D eigenvalue weighted by Crippen LogP contribution is -2.38. The monoisotopic (exact) mass is 437 g/mol. The number of aryl methyl sites for hydroxylation is 2. The van der Waals surface area contributed by atoms with Gasteiger partial charge in [-0.1, -0.05) is 12.1 Å². The van der Waals surface area contributed by atoms with Crippen molar-refractivity contribution in [3.8, 4) is 0 Å². The van der Waals surface area contributed by atoms with Crippen LogP contribution in [0.1, 0.15) is 34.3 Å². The Morgan fingerprint density at radius 3 is 2.31 bits per heavy atom. The summed E-state index contributed by atoms with van der Waals surface area (Å²) < 4.78 is 54.6. The molecule has 0 unspecified atom stereocenters. The second kappa shape index (κ2) is 7.68. The molecule has 1 heterocycles.